The minimum atomic E-state index is -0.115. The SMILES string of the molecule is O=C(c1ccnc(Nc2ccc3c(c2)OCCO3)n1)N1CCOCC1. The summed E-state index contributed by atoms with van der Waals surface area (Å²) in [6, 6.07) is 7.13. The lowest BCUT2D eigenvalue weighted by Crippen LogP contribution is -2.41. The fourth-order valence-corrected chi connectivity index (χ4v) is 2.72. The molecule has 0 radical (unpaired) electrons. The molecule has 1 N–H and O–H groups in total. The van der Waals surface area contributed by atoms with Gasteiger partial charge in [-0.05, 0) is 18.2 Å². The Kier molecular flexibility index (Phi) is 4.34. The molecule has 0 aliphatic carbocycles. The Morgan fingerprint density at radius 2 is 1.84 bits per heavy atom. The van der Waals surface area contributed by atoms with Crippen LogP contribution in [0.5, 0.6) is 11.5 Å². The number of nitrogens with one attached hydrogen (secondary N) is 1. The number of amides is 1. The van der Waals surface area contributed by atoms with E-state index >= 15 is 0 Å². The maximum absolute atomic E-state index is 12.5. The second-order valence-electron chi connectivity index (χ2n) is 5.65. The average Bonchev–Trinajstić information content (AvgIpc) is 2.68. The first-order valence-electron chi connectivity index (χ1n) is 8.16. The summed E-state index contributed by atoms with van der Waals surface area (Å²) in [5.41, 5.74) is 1.12. The van der Waals surface area contributed by atoms with Gasteiger partial charge in [0.2, 0.25) is 5.95 Å². The Morgan fingerprint density at radius 3 is 2.68 bits per heavy atom. The molecule has 1 aromatic heterocycles. The Morgan fingerprint density at radius 1 is 1.04 bits per heavy atom. The first kappa shape index (κ1) is 15.6. The van der Waals surface area contributed by atoms with Gasteiger partial charge in [0, 0.05) is 31.0 Å². The van der Waals surface area contributed by atoms with E-state index in [2.05, 4.69) is 15.3 Å². The highest BCUT2D eigenvalue weighted by atomic mass is 16.6. The van der Waals surface area contributed by atoms with Crippen LogP contribution in [0.3, 0.4) is 0 Å². The van der Waals surface area contributed by atoms with Crippen molar-refractivity contribution in [2.45, 2.75) is 0 Å². The normalized spacial score (nSPS) is 16.4. The lowest BCUT2D eigenvalue weighted by Gasteiger charge is -2.26. The van der Waals surface area contributed by atoms with E-state index in [1.54, 1.807) is 17.2 Å². The highest BCUT2D eigenvalue weighted by Gasteiger charge is 2.20. The third-order valence-electron chi connectivity index (χ3n) is 3.97. The number of carbonyl (C=O) groups excluding carboxylic acids is 1. The number of morpholine rings is 1. The van der Waals surface area contributed by atoms with Crippen molar-refractivity contribution in [1.29, 1.82) is 0 Å². The van der Waals surface area contributed by atoms with Gasteiger partial charge in [0.1, 0.15) is 18.9 Å². The number of hydrogen-bond donors (Lipinski definition) is 1. The molecule has 1 amide bonds. The third kappa shape index (κ3) is 3.48. The fraction of sp³-hybridized carbons (Fsp3) is 0.353. The quantitative estimate of drug-likeness (QED) is 0.904. The van der Waals surface area contributed by atoms with Crippen molar-refractivity contribution in [3.8, 4) is 11.5 Å². The smallest absolute Gasteiger partial charge is 0.272 e. The van der Waals surface area contributed by atoms with Gasteiger partial charge in [-0.1, -0.05) is 0 Å². The minimum Gasteiger partial charge on any atom is -0.486 e. The van der Waals surface area contributed by atoms with Crippen LogP contribution in [-0.4, -0.2) is 60.3 Å². The van der Waals surface area contributed by atoms with E-state index in [0.29, 0.717) is 62.7 Å². The van der Waals surface area contributed by atoms with Crippen molar-refractivity contribution in [1.82, 2.24) is 14.9 Å². The lowest BCUT2D eigenvalue weighted by atomic mass is 10.2. The second-order valence-corrected chi connectivity index (χ2v) is 5.65. The van der Waals surface area contributed by atoms with Crippen LogP contribution in [0.25, 0.3) is 0 Å². The van der Waals surface area contributed by atoms with Gasteiger partial charge >= 0.3 is 0 Å². The van der Waals surface area contributed by atoms with Gasteiger partial charge in [-0.25, -0.2) is 9.97 Å². The minimum absolute atomic E-state index is 0.115. The number of anilines is 2. The molecule has 8 nitrogen and oxygen atoms in total. The highest BCUT2D eigenvalue weighted by molar-refractivity contribution is 5.92. The molecule has 3 heterocycles. The van der Waals surface area contributed by atoms with Crippen LogP contribution >= 0.6 is 0 Å². The molecule has 2 aliphatic rings. The highest BCUT2D eigenvalue weighted by Crippen LogP contribution is 2.33. The zero-order valence-electron chi connectivity index (χ0n) is 13.6. The number of carbonyl (C=O) groups is 1. The van der Waals surface area contributed by atoms with Gasteiger partial charge in [-0.3, -0.25) is 4.79 Å². The van der Waals surface area contributed by atoms with Crippen LogP contribution < -0.4 is 14.8 Å². The number of ether oxygens (including phenoxy) is 3. The average molecular weight is 342 g/mol. The molecular weight excluding hydrogens is 324 g/mol. The van der Waals surface area contributed by atoms with Gasteiger partial charge in [-0.2, -0.15) is 0 Å². The van der Waals surface area contributed by atoms with Crippen molar-refractivity contribution in [2.75, 3.05) is 44.8 Å². The summed E-state index contributed by atoms with van der Waals surface area (Å²) < 4.78 is 16.3. The fourth-order valence-electron chi connectivity index (χ4n) is 2.72. The molecule has 2 aromatic rings. The molecule has 4 rings (SSSR count). The number of aromatic nitrogens is 2. The maximum Gasteiger partial charge on any atom is 0.272 e. The van der Waals surface area contributed by atoms with Crippen molar-refractivity contribution in [3.05, 3.63) is 36.2 Å². The van der Waals surface area contributed by atoms with Crippen molar-refractivity contribution in [2.24, 2.45) is 0 Å². The number of rotatable bonds is 3. The molecule has 0 unspecified atom stereocenters. The van der Waals surface area contributed by atoms with Crippen molar-refractivity contribution >= 4 is 17.5 Å². The van der Waals surface area contributed by atoms with Crippen LogP contribution in [0.4, 0.5) is 11.6 Å². The van der Waals surface area contributed by atoms with Gasteiger partial charge in [0.05, 0.1) is 13.2 Å². The number of nitrogens with zero attached hydrogens (tertiary/aromatic N) is 3. The Labute approximate surface area is 144 Å². The van der Waals surface area contributed by atoms with E-state index in [0.717, 1.165) is 5.69 Å². The maximum atomic E-state index is 12.5. The van der Waals surface area contributed by atoms with Crippen molar-refractivity contribution in [3.63, 3.8) is 0 Å². The van der Waals surface area contributed by atoms with Crippen LogP contribution in [0.2, 0.25) is 0 Å². The molecule has 8 heteroatoms. The molecule has 0 atom stereocenters. The van der Waals surface area contributed by atoms with E-state index in [1.807, 2.05) is 18.2 Å². The Hall–Kier alpha value is -2.87. The molecule has 1 fully saturated rings. The van der Waals surface area contributed by atoms with Gasteiger partial charge < -0.3 is 24.4 Å². The Bertz CT molecular complexity index is 777. The number of hydrogen-bond acceptors (Lipinski definition) is 7. The molecule has 0 saturated carbocycles. The molecule has 0 spiro atoms. The first-order chi connectivity index (χ1) is 12.3. The van der Waals surface area contributed by atoms with Gasteiger partial charge in [0.15, 0.2) is 11.5 Å². The molecule has 0 bridgehead atoms. The van der Waals surface area contributed by atoms with E-state index in [9.17, 15) is 4.79 Å². The summed E-state index contributed by atoms with van der Waals surface area (Å²) in [5, 5.41) is 3.10. The molecule has 1 saturated heterocycles. The van der Waals surface area contributed by atoms with Crippen LogP contribution in [-0.2, 0) is 4.74 Å². The Balaban J connectivity index is 1.50. The lowest BCUT2D eigenvalue weighted by molar-refractivity contribution is 0.0299. The second kappa shape index (κ2) is 6.94. The zero-order valence-corrected chi connectivity index (χ0v) is 13.6. The van der Waals surface area contributed by atoms with E-state index in [-0.39, 0.29) is 5.91 Å². The van der Waals surface area contributed by atoms with Gasteiger partial charge in [-0.15, -0.1) is 0 Å². The zero-order chi connectivity index (χ0) is 17.1. The third-order valence-corrected chi connectivity index (χ3v) is 3.97. The predicted octanol–water partition coefficient (Wildman–Crippen LogP) is 1.46. The van der Waals surface area contributed by atoms with Crippen LogP contribution in [0, 0.1) is 0 Å². The van der Waals surface area contributed by atoms with Crippen molar-refractivity contribution < 1.29 is 19.0 Å². The summed E-state index contributed by atoms with van der Waals surface area (Å²) in [5.74, 6) is 1.64. The summed E-state index contributed by atoms with van der Waals surface area (Å²) in [7, 11) is 0. The molecule has 25 heavy (non-hydrogen) atoms. The van der Waals surface area contributed by atoms with E-state index < -0.39 is 0 Å². The monoisotopic (exact) mass is 342 g/mol. The summed E-state index contributed by atoms with van der Waals surface area (Å²) in [6.45, 7) is 3.34. The molecule has 1 aromatic carbocycles. The summed E-state index contributed by atoms with van der Waals surface area (Å²) >= 11 is 0. The van der Waals surface area contributed by atoms with Crippen LogP contribution in [0.15, 0.2) is 30.5 Å². The predicted molar refractivity (Wildman–Crippen MR) is 89.5 cm³/mol. The topological polar surface area (TPSA) is 85.8 Å². The molecular formula is C17H18N4O4. The first-order valence-corrected chi connectivity index (χ1v) is 8.16. The number of fused-ring (bicyclic) bond motifs is 1. The largest absolute Gasteiger partial charge is 0.486 e. The van der Waals surface area contributed by atoms with E-state index in [1.165, 1.54) is 0 Å². The summed E-state index contributed by atoms with van der Waals surface area (Å²) in [4.78, 5) is 22.8. The standard InChI is InChI=1S/C17H18N4O4/c22-16(21-5-7-23-8-6-21)13-3-4-18-17(20-13)19-12-1-2-14-15(11-12)25-10-9-24-14/h1-4,11H,5-10H2,(H,18,19,20). The molecule has 2 aliphatic heterocycles. The number of benzene rings is 1. The summed E-state index contributed by atoms with van der Waals surface area (Å²) in [6.07, 6.45) is 1.57. The van der Waals surface area contributed by atoms with Gasteiger partial charge in [0.25, 0.3) is 5.91 Å². The van der Waals surface area contributed by atoms with E-state index in [4.69, 9.17) is 14.2 Å². The molecule has 130 valence electrons. The van der Waals surface area contributed by atoms with Crippen LogP contribution in [0.1, 0.15) is 10.5 Å².